The van der Waals surface area contributed by atoms with E-state index in [0.717, 1.165) is 61.1 Å². The van der Waals surface area contributed by atoms with Crippen LogP contribution in [0.25, 0.3) is 5.82 Å². The van der Waals surface area contributed by atoms with Crippen LogP contribution in [0.2, 0.25) is 0 Å². The van der Waals surface area contributed by atoms with Crippen molar-refractivity contribution < 1.29 is 9.32 Å². The molecule has 23 heavy (non-hydrogen) atoms. The number of nitrogens with one attached hydrogen (secondary N) is 1. The lowest BCUT2D eigenvalue weighted by Crippen LogP contribution is -2.34. The number of aryl methyl sites for hydroxylation is 2. The van der Waals surface area contributed by atoms with Gasteiger partial charge in [0.2, 0.25) is 0 Å². The first-order valence-corrected chi connectivity index (χ1v) is 7.70. The molecule has 1 N–H and O–H groups in total. The molecule has 0 unspecified atom stereocenters. The molecule has 1 saturated heterocycles. The first-order chi connectivity index (χ1) is 10.6. The molecule has 0 saturated carbocycles. The number of aromatic nitrogens is 2. The van der Waals surface area contributed by atoms with Gasteiger partial charge in [0.15, 0.2) is 5.82 Å². The fourth-order valence-corrected chi connectivity index (χ4v) is 3.01. The summed E-state index contributed by atoms with van der Waals surface area (Å²) in [4.78, 5) is 14.7. The Morgan fingerprint density at radius 3 is 2.70 bits per heavy atom. The highest BCUT2D eigenvalue weighted by atomic mass is 35.5. The highest BCUT2D eigenvalue weighted by Crippen LogP contribution is 2.22. The predicted octanol–water partition coefficient (Wildman–Crippen LogP) is 2.25. The van der Waals surface area contributed by atoms with Crippen LogP contribution in [0.1, 0.15) is 33.9 Å². The highest BCUT2D eigenvalue weighted by Gasteiger charge is 2.23. The van der Waals surface area contributed by atoms with E-state index in [4.69, 9.17) is 4.52 Å². The maximum absolute atomic E-state index is 12.8. The van der Waals surface area contributed by atoms with Gasteiger partial charge in [0.1, 0.15) is 5.76 Å². The summed E-state index contributed by atoms with van der Waals surface area (Å²) >= 11 is 0. The van der Waals surface area contributed by atoms with Crippen molar-refractivity contribution in [2.75, 3.05) is 26.2 Å². The number of carbonyl (C=O) groups excluding carboxylic acids is 1. The molecule has 3 rings (SSSR count). The van der Waals surface area contributed by atoms with E-state index in [-0.39, 0.29) is 18.3 Å². The van der Waals surface area contributed by atoms with Crippen molar-refractivity contribution in [3.05, 3.63) is 34.8 Å². The molecule has 2 aromatic rings. The summed E-state index contributed by atoms with van der Waals surface area (Å²) < 4.78 is 7.13. The summed E-state index contributed by atoms with van der Waals surface area (Å²) in [7, 11) is 0. The Morgan fingerprint density at radius 1 is 1.22 bits per heavy atom. The molecule has 6 nitrogen and oxygen atoms in total. The lowest BCUT2D eigenvalue weighted by atomic mass is 10.2. The Hall–Kier alpha value is -1.79. The van der Waals surface area contributed by atoms with E-state index in [0.29, 0.717) is 0 Å². The van der Waals surface area contributed by atoms with E-state index in [1.54, 1.807) is 0 Å². The quantitative estimate of drug-likeness (QED) is 0.912. The topological polar surface area (TPSA) is 63.3 Å². The van der Waals surface area contributed by atoms with Crippen molar-refractivity contribution in [3.63, 3.8) is 0 Å². The first kappa shape index (κ1) is 17.6. The van der Waals surface area contributed by atoms with Crippen LogP contribution in [0.3, 0.4) is 0 Å². The molecular formula is C16H23ClN4O2. The van der Waals surface area contributed by atoms with Gasteiger partial charge >= 0.3 is 0 Å². The van der Waals surface area contributed by atoms with Crippen LogP contribution in [0, 0.1) is 20.8 Å². The van der Waals surface area contributed by atoms with Gasteiger partial charge < -0.3 is 14.7 Å². The van der Waals surface area contributed by atoms with Crippen LogP contribution in [0.15, 0.2) is 16.7 Å². The van der Waals surface area contributed by atoms with Gasteiger partial charge in [-0.3, -0.25) is 9.36 Å². The fourth-order valence-electron chi connectivity index (χ4n) is 3.01. The van der Waals surface area contributed by atoms with Crippen LogP contribution in [0.4, 0.5) is 0 Å². The van der Waals surface area contributed by atoms with Crippen molar-refractivity contribution >= 4 is 18.3 Å². The van der Waals surface area contributed by atoms with Crippen LogP contribution in [-0.4, -0.2) is 46.7 Å². The van der Waals surface area contributed by atoms with Crippen LogP contribution in [0.5, 0.6) is 0 Å². The van der Waals surface area contributed by atoms with Crippen LogP contribution in [-0.2, 0) is 0 Å². The molecule has 3 heterocycles. The average molecular weight is 339 g/mol. The van der Waals surface area contributed by atoms with Crippen molar-refractivity contribution in [1.82, 2.24) is 19.9 Å². The molecule has 1 aliphatic rings. The van der Waals surface area contributed by atoms with Crippen molar-refractivity contribution in [2.24, 2.45) is 0 Å². The second-order valence-electron chi connectivity index (χ2n) is 5.81. The number of nitrogens with zero attached hydrogens (tertiary/aromatic N) is 3. The zero-order valence-electron chi connectivity index (χ0n) is 13.8. The monoisotopic (exact) mass is 338 g/mol. The molecule has 0 aromatic carbocycles. The molecular weight excluding hydrogens is 316 g/mol. The van der Waals surface area contributed by atoms with Gasteiger partial charge in [-0.1, -0.05) is 5.16 Å². The summed E-state index contributed by atoms with van der Waals surface area (Å²) in [6.07, 6.45) is 0.993. The maximum Gasteiger partial charge on any atom is 0.255 e. The number of hydrogen-bond donors (Lipinski definition) is 1. The fraction of sp³-hybridized carbons (Fsp3) is 0.500. The van der Waals surface area contributed by atoms with Crippen molar-refractivity contribution in [2.45, 2.75) is 27.2 Å². The minimum atomic E-state index is 0. The van der Waals surface area contributed by atoms with Crippen LogP contribution >= 0.6 is 12.4 Å². The molecule has 1 aliphatic heterocycles. The second-order valence-corrected chi connectivity index (χ2v) is 5.81. The van der Waals surface area contributed by atoms with Gasteiger partial charge in [-0.05, 0) is 39.8 Å². The number of rotatable bonds is 2. The van der Waals surface area contributed by atoms with E-state index < -0.39 is 0 Å². The van der Waals surface area contributed by atoms with E-state index in [2.05, 4.69) is 10.5 Å². The minimum Gasteiger partial charge on any atom is -0.360 e. The number of carbonyl (C=O) groups is 1. The smallest absolute Gasteiger partial charge is 0.255 e. The Balaban J connectivity index is 0.00000192. The largest absolute Gasteiger partial charge is 0.360 e. The van der Waals surface area contributed by atoms with Gasteiger partial charge in [0.05, 0.1) is 5.56 Å². The molecule has 0 spiro atoms. The van der Waals surface area contributed by atoms with Crippen molar-refractivity contribution in [1.29, 1.82) is 0 Å². The Morgan fingerprint density at radius 2 is 2.00 bits per heavy atom. The maximum atomic E-state index is 12.8. The van der Waals surface area contributed by atoms with E-state index in [9.17, 15) is 4.79 Å². The average Bonchev–Trinajstić information content (AvgIpc) is 2.90. The predicted molar refractivity (Wildman–Crippen MR) is 90.7 cm³/mol. The lowest BCUT2D eigenvalue weighted by molar-refractivity contribution is 0.0765. The van der Waals surface area contributed by atoms with Gasteiger partial charge in [-0.2, -0.15) is 0 Å². The summed E-state index contributed by atoms with van der Waals surface area (Å²) in [6, 6.07) is 3.82. The van der Waals surface area contributed by atoms with E-state index >= 15 is 0 Å². The molecule has 0 atom stereocenters. The number of amides is 1. The SMILES string of the molecule is Cc1cc(-n2c(C)cc(C(=O)N3CCCNCC3)c2C)no1.Cl. The molecule has 1 fully saturated rings. The summed E-state index contributed by atoms with van der Waals surface area (Å²) in [5, 5.41) is 7.38. The van der Waals surface area contributed by atoms with Gasteiger partial charge in [-0.15, -0.1) is 12.4 Å². The van der Waals surface area contributed by atoms with E-state index in [1.807, 2.05) is 42.4 Å². The van der Waals surface area contributed by atoms with Gasteiger partial charge in [0.25, 0.3) is 5.91 Å². The third-order valence-electron chi connectivity index (χ3n) is 4.13. The summed E-state index contributed by atoms with van der Waals surface area (Å²) in [5.41, 5.74) is 2.65. The van der Waals surface area contributed by atoms with E-state index in [1.165, 1.54) is 0 Å². The Bertz CT molecular complexity index is 684. The minimum absolute atomic E-state index is 0. The molecule has 1 amide bonds. The molecule has 7 heteroatoms. The molecule has 0 bridgehead atoms. The van der Waals surface area contributed by atoms with Crippen molar-refractivity contribution in [3.8, 4) is 5.82 Å². The highest BCUT2D eigenvalue weighted by molar-refractivity contribution is 5.96. The molecule has 0 aliphatic carbocycles. The first-order valence-electron chi connectivity index (χ1n) is 7.70. The summed E-state index contributed by atoms with van der Waals surface area (Å²) in [6.45, 7) is 9.19. The van der Waals surface area contributed by atoms with Crippen LogP contribution < -0.4 is 5.32 Å². The zero-order chi connectivity index (χ0) is 15.7. The second kappa shape index (κ2) is 7.19. The number of hydrogen-bond acceptors (Lipinski definition) is 4. The summed E-state index contributed by atoms with van der Waals surface area (Å²) in [5.74, 6) is 1.58. The standard InChI is InChI=1S/C16H22N4O2.ClH/c1-11-9-14(16(21)19-7-4-5-17-6-8-19)13(3)20(11)15-10-12(2)22-18-15;/h9-10,17H,4-8H2,1-3H3;1H. The zero-order valence-corrected chi connectivity index (χ0v) is 14.6. The number of halogens is 1. The molecule has 0 radical (unpaired) electrons. The normalized spacial score (nSPS) is 15.2. The Kier molecular flexibility index (Phi) is 5.49. The Labute approximate surface area is 142 Å². The third-order valence-corrected chi connectivity index (χ3v) is 4.13. The van der Waals surface area contributed by atoms with Gasteiger partial charge in [-0.25, -0.2) is 0 Å². The lowest BCUT2D eigenvalue weighted by Gasteiger charge is -2.19. The molecule has 2 aromatic heterocycles. The third kappa shape index (κ3) is 3.43. The molecule has 126 valence electrons. The van der Waals surface area contributed by atoms with Gasteiger partial charge in [0, 0.05) is 37.1 Å².